The zero-order valence-electron chi connectivity index (χ0n) is 17.7. The van der Waals surface area contributed by atoms with Crippen LogP contribution in [0, 0.1) is 0 Å². The highest BCUT2D eigenvalue weighted by molar-refractivity contribution is 5.94. The summed E-state index contributed by atoms with van der Waals surface area (Å²) in [6.45, 7) is 16.0. The fourth-order valence-electron chi connectivity index (χ4n) is 4.68. The average Bonchev–Trinajstić information content (AvgIpc) is 2.94. The van der Waals surface area contributed by atoms with Gasteiger partial charge in [-0.25, -0.2) is 0 Å². The van der Waals surface area contributed by atoms with Crippen molar-refractivity contribution in [3.63, 3.8) is 0 Å². The van der Waals surface area contributed by atoms with Crippen LogP contribution in [0.25, 0.3) is 0 Å². The zero-order chi connectivity index (χ0) is 18.7. The highest BCUT2D eigenvalue weighted by Crippen LogP contribution is 2.41. The minimum absolute atomic E-state index is 0. The van der Waals surface area contributed by atoms with Crippen LogP contribution >= 0.6 is 0 Å². The third kappa shape index (κ3) is 3.23. The van der Waals surface area contributed by atoms with E-state index >= 15 is 0 Å². The van der Waals surface area contributed by atoms with Crippen LogP contribution in [0.2, 0.25) is 0 Å². The summed E-state index contributed by atoms with van der Waals surface area (Å²) in [6, 6.07) is 17.7. The number of nitrogens with zero attached hydrogens (tertiary/aromatic N) is 2. The molecule has 0 saturated heterocycles. The molecule has 0 spiro atoms. The van der Waals surface area contributed by atoms with Gasteiger partial charge in [0.15, 0.2) is 11.4 Å². The molecule has 0 bridgehead atoms. The Morgan fingerprint density at radius 3 is 1.29 bits per heavy atom. The Labute approximate surface area is 190 Å². The maximum atomic E-state index is 2.52. The molecule has 4 rings (SSSR count). The highest BCUT2D eigenvalue weighted by atomic mass is 79.9. The predicted molar refractivity (Wildman–Crippen MR) is 110 cm³/mol. The maximum absolute atomic E-state index is 2.52. The van der Waals surface area contributed by atoms with E-state index in [0.29, 0.717) is 0 Å². The monoisotopic (exact) mass is 504 g/mol. The lowest BCUT2D eigenvalue weighted by atomic mass is 9.82. The SMILES string of the molecule is CC1=[N+](CC[N+]2=C(C)C(C)(C)c3ccccc32)c2ccccc2C1(C)C.[Br-].[Br-]. The number of hydrogen-bond acceptors (Lipinski definition) is 0. The lowest BCUT2D eigenvalue weighted by molar-refractivity contribution is -0.516. The number of benzene rings is 2. The Morgan fingerprint density at radius 2 is 0.929 bits per heavy atom. The third-order valence-corrected chi connectivity index (χ3v) is 6.90. The van der Waals surface area contributed by atoms with Crippen molar-refractivity contribution in [2.45, 2.75) is 52.4 Å². The molecule has 4 heteroatoms. The number of fused-ring (bicyclic) bond motifs is 2. The second-order valence-electron chi connectivity index (χ2n) is 8.76. The van der Waals surface area contributed by atoms with Gasteiger partial charge < -0.3 is 34.0 Å². The topological polar surface area (TPSA) is 6.02 Å². The summed E-state index contributed by atoms with van der Waals surface area (Å²) in [7, 11) is 0. The fraction of sp³-hybridized carbons (Fsp3) is 0.417. The van der Waals surface area contributed by atoms with Gasteiger partial charge in [-0.3, -0.25) is 0 Å². The molecule has 2 nitrogen and oxygen atoms in total. The van der Waals surface area contributed by atoms with Gasteiger partial charge in [0.2, 0.25) is 24.5 Å². The largest absolute Gasteiger partial charge is 1.00 e. The van der Waals surface area contributed by atoms with E-state index in [2.05, 4.69) is 99.2 Å². The Morgan fingerprint density at radius 1 is 0.607 bits per heavy atom. The summed E-state index contributed by atoms with van der Waals surface area (Å²) in [6.07, 6.45) is 0. The van der Waals surface area contributed by atoms with Gasteiger partial charge in [0.1, 0.15) is 0 Å². The molecule has 150 valence electrons. The van der Waals surface area contributed by atoms with Crippen molar-refractivity contribution in [2.75, 3.05) is 13.1 Å². The Hall–Kier alpha value is -1.26. The normalized spacial score (nSPS) is 18.4. The van der Waals surface area contributed by atoms with Crippen LogP contribution in [0.15, 0.2) is 48.5 Å². The molecule has 2 aliphatic heterocycles. The lowest BCUT2D eigenvalue weighted by Gasteiger charge is -2.14. The summed E-state index contributed by atoms with van der Waals surface area (Å²) in [5, 5.41) is 0. The van der Waals surface area contributed by atoms with Gasteiger partial charge in [-0.05, 0) is 27.7 Å². The molecule has 0 fully saturated rings. The van der Waals surface area contributed by atoms with E-state index in [-0.39, 0.29) is 44.8 Å². The van der Waals surface area contributed by atoms with Gasteiger partial charge in [0, 0.05) is 37.1 Å². The van der Waals surface area contributed by atoms with Gasteiger partial charge >= 0.3 is 0 Å². The van der Waals surface area contributed by atoms with Crippen LogP contribution in [0.3, 0.4) is 0 Å². The molecule has 0 atom stereocenters. The lowest BCUT2D eigenvalue weighted by Crippen LogP contribution is -3.00. The van der Waals surface area contributed by atoms with Crippen molar-refractivity contribution in [3.05, 3.63) is 59.7 Å². The molecule has 2 aliphatic rings. The third-order valence-electron chi connectivity index (χ3n) is 6.90. The van der Waals surface area contributed by atoms with E-state index in [9.17, 15) is 0 Å². The number of para-hydroxylation sites is 2. The van der Waals surface area contributed by atoms with Crippen molar-refractivity contribution in [3.8, 4) is 0 Å². The van der Waals surface area contributed by atoms with Gasteiger partial charge in [-0.15, -0.1) is 0 Å². The number of rotatable bonds is 3. The van der Waals surface area contributed by atoms with E-state index in [0.717, 1.165) is 13.1 Å². The smallest absolute Gasteiger partial charge is 0.209 e. The Balaban J connectivity index is 0.00000140. The molecule has 2 aromatic rings. The van der Waals surface area contributed by atoms with Crippen molar-refractivity contribution < 1.29 is 43.1 Å². The van der Waals surface area contributed by atoms with Crippen molar-refractivity contribution in [2.24, 2.45) is 0 Å². The Bertz CT molecular complexity index is 889. The summed E-state index contributed by atoms with van der Waals surface area (Å²) in [5.41, 5.74) is 8.75. The quantitative estimate of drug-likeness (QED) is 0.481. The van der Waals surface area contributed by atoms with Gasteiger partial charge in [0.05, 0.1) is 10.8 Å². The van der Waals surface area contributed by atoms with Crippen LogP contribution in [0.1, 0.15) is 52.7 Å². The molecular weight excluding hydrogens is 476 g/mol. The Kier molecular flexibility index (Phi) is 6.47. The van der Waals surface area contributed by atoms with Crippen LogP contribution in [0.5, 0.6) is 0 Å². The van der Waals surface area contributed by atoms with Crippen LogP contribution in [-0.4, -0.2) is 33.7 Å². The molecule has 0 saturated carbocycles. The zero-order valence-corrected chi connectivity index (χ0v) is 20.9. The summed E-state index contributed by atoms with van der Waals surface area (Å²) >= 11 is 0. The summed E-state index contributed by atoms with van der Waals surface area (Å²) < 4.78 is 5.05. The van der Waals surface area contributed by atoms with Crippen LogP contribution in [0.4, 0.5) is 11.4 Å². The summed E-state index contributed by atoms with van der Waals surface area (Å²) in [4.78, 5) is 0. The number of hydrogen-bond donors (Lipinski definition) is 0. The van der Waals surface area contributed by atoms with Gasteiger partial charge in [-0.2, -0.15) is 9.15 Å². The van der Waals surface area contributed by atoms with Gasteiger partial charge in [-0.1, -0.05) is 36.4 Å². The first-order chi connectivity index (χ1) is 12.3. The van der Waals surface area contributed by atoms with E-state index < -0.39 is 0 Å². The molecule has 0 aliphatic carbocycles. The van der Waals surface area contributed by atoms with E-state index in [1.807, 2.05) is 0 Å². The van der Waals surface area contributed by atoms with Gasteiger partial charge in [0.25, 0.3) is 0 Å². The highest BCUT2D eigenvalue weighted by Gasteiger charge is 2.45. The second-order valence-corrected chi connectivity index (χ2v) is 8.76. The minimum Gasteiger partial charge on any atom is -1.00 e. The van der Waals surface area contributed by atoms with E-state index in [1.165, 1.54) is 33.9 Å². The standard InChI is InChI=1S/C24H30N2.2BrH/c1-17-23(3,4)19-11-7-9-13-21(19)25(17)15-16-26-18(2)24(5,6)20-12-8-10-14-22(20)26;;/h7-14H,15-16H2,1-6H3;2*1H/q+2;;/p-2. The second kappa shape index (κ2) is 7.87. The molecule has 0 radical (unpaired) electrons. The van der Waals surface area contributed by atoms with Crippen molar-refractivity contribution >= 4 is 22.8 Å². The van der Waals surface area contributed by atoms with Crippen molar-refractivity contribution in [1.29, 1.82) is 0 Å². The molecule has 28 heavy (non-hydrogen) atoms. The van der Waals surface area contributed by atoms with Crippen LogP contribution in [-0.2, 0) is 10.8 Å². The van der Waals surface area contributed by atoms with Crippen molar-refractivity contribution in [1.82, 2.24) is 0 Å². The molecule has 2 heterocycles. The summed E-state index contributed by atoms with van der Waals surface area (Å²) in [5.74, 6) is 0. The first-order valence-electron chi connectivity index (χ1n) is 9.68. The fourth-order valence-corrected chi connectivity index (χ4v) is 4.68. The molecule has 0 N–H and O–H groups in total. The number of halogens is 2. The predicted octanol–water partition coefficient (Wildman–Crippen LogP) is -0.813. The molecule has 2 aromatic carbocycles. The average molecular weight is 506 g/mol. The molecule has 0 unspecified atom stereocenters. The van der Waals surface area contributed by atoms with E-state index in [4.69, 9.17) is 0 Å². The van der Waals surface area contributed by atoms with Crippen LogP contribution < -0.4 is 34.0 Å². The maximum Gasteiger partial charge on any atom is 0.209 e. The van der Waals surface area contributed by atoms with E-state index in [1.54, 1.807) is 0 Å². The minimum atomic E-state index is 0. The first-order valence-corrected chi connectivity index (χ1v) is 9.68. The molecular formula is C24H30Br2N2. The molecule has 0 amide bonds. The molecule has 0 aromatic heterocycles. The first kappa shape index (κ1) is 23.0.